The Labute approximate surface area is 195 Å². The van der Waals surface area contributed by atoms with Crippen LogP contribution < -0.4 is 0 Å². The van der Waals surface area contributed by atoms with Crippen LogP contribution in [0.2, 0.25) is 0 Å². The molecule has 5 nitrogen and oxygen atoms in total. The van der Waals surface area contributed by atoms with Gasteiger partial charge in [-0.05, 0) is 50.4 Å². The average molecular weight is 455 g/mol. The number of hydrogen-bond acceptors (Lipinski definition) is 5. The van der Waals surface area contributed by atoms with Gasteiger partial charge in [-0.25, -0.2) is 5.01 Å². The zero-order valence-corrected chi connectivity index (χ0v) is 18.7. The maximum Gasteiger partial charge on any atom is 0.310 e. The van der Waals surface area contributed by atoms with Gasteiger partial charge in [0.05, 0.1) is 18.2 Å². The fourth-order valence-corrected chi connectivity index (χ4v) is 4.71. The van der Waals surface area contributed by atoms with Crippen LogP contribution in [-0.2, 0) is 20.7 Å². The van der Waals surface area contributed by atoms with Gasteiger partial charge in [-0.2, -0.15) is 16.4 Å². The molecule has 164 valence electrons. The van der Waals surface area contributed by atoms with Crippen LogP contribution >= 0.6 is 11.3 Å². The maximum atomic E-state index is 13.1. The van der Waals surface area contributed by atoms with Crippen molar-refractivity contribution in [3.05, 3.63) is 106 Å². The number of benzene rings is 3. The second kappa shape index (κ2) is 9.38. The van der Waals surface area contributed by atoms with E-state index >= 15 is 0 Å². The summed E-state index contributed by atoms with van der Waals surface area (Å²) in [6, 6.07) is 25.8. The summed E-state index contributed by atoms with van der Waals surface area (Å²) < 4.78 is 5.28. The first-order valence-corrected chi connectivity index (χ1v) is 11.7. The largest absolute Gasteiger partial charge is 0.455 e. The van der Waals surface area contributed by atoms with E-state index in [4.69, 9.17) is 4.74 Å². The second-order valence-corrected chi connectivity index (χ2v) is 8.73. The average Bonchev–Trinajstić information content (AvgIpc) is 3.53. The van der Waals surface area contributed by atoms with Crippen molar-refractivity contribution in [3.8, 4) is 0 Å². The molecule has 0 bridgehead atoms. The van der Waals surface area contributed by atoms with Crippen LogP contribution in [0, 0.1) is 0 Å². The lowest BCUT2D eigenvalue weighted by atomic mass is 9.97. The van der Waals surface area contributed by atoms with Gasteiger partial charge >= 0.3 is 5.97 Å². The highest BCUT2D eigenvalue weighted by Crippen LogP contribution is 2.33. The lowest BCUT2D eigenvalue weighted by Gasteiger charge is -2.21. The Morgan fingerprint density at radius 2 is 1.76 bits per heavy atom. The number of amides is 1. The number of carbonyl (C=O) groups excluding carboxylic acids is 2. The number of rotatable bonds is 6. The molecule has 33 heavy (non-hydrogen) atoms. The van der Waals surface area contributed by atoms with Gasteiger partial charge in [-0.1, -0.05) is 66.7 Å². The highest BCUT2D eigenvalue weighted by atomic mass is 32.1. The van der Waals surface area contributed by atoms with Gasteiger partial charge in [0, 0.05) is 6.42 Å². The van der Waals surface area contributed by atoms with Crippen LogP contribution in [0.5, 0.6) is 0 Å². The van der Waals surface area contributed by atoms with Crippen molar-refractivity contribution >= 4 is 39.7 Å². The minimum absolute atomic E-state index is 0.157. The summed E-state index contributed by atoms with van der Waals surface area (Å²) in [6.45, 7) is -0.333. The summed E-state index contributed by atoms with van der Waals surface area (Å²) in [4.78, 5) is 25.2. The normalized spacial score (nSPS) is 15.5. The van der Waals surface area contributed by atoms with Crippen molar-refractivity contribution in [2.75, 3.05) is 6.61 Å². The third kappa shape index (κ3) is 4.71. The van der Waals surface area contributed by atoms with Crippen molar-refractivity contribution < 1.29 is 14.3 Å². The molecular weight excluding hydrogens is 432 g/mol. The van der Waals surface area contributed by atoms with E-state index in [1.807, 2.05) is 65.4 Å². The molecule has 2 heterocycles. The molecule has 0 radical (unpaired) electrons. The number of thiophene rings is 1. The first-order chi connectivity index (χ1) is 16.2. The number of ether oxygens (including phenoxy) is 1. The molecule has 3 aromatic carbocycles. The van der Waals surface area contributed by atoms with E-state index in [-0.39, 0.29) is 25.0 Å². The topological polar surface area (TPSA) is 59.0 Å². The molecule has 0 aliphatic carbocycles. The predicted octanol–water partition coefficient (Wildman–Crippen LogP) is 5.36. The molecule has 1 unspecified atom stereocenters. The van der Waals surface area contributed by atoms with Crippen LogP contribution in [0.25, 0.3) is 10.8 Å². The molecule has 0 saturated heterocycles. The molecule has 1 aliphatic heterocycles. The molecule has 1 atom stereocenters. The third-order valence-corrected chi connectivity index (χ3v) is 6.45. The Kier molecular flexibility index (Phi) is 6.00. The molecule has 1 amide bonds. The van der Waals surface area contributed by atoms with E-state index in [0.29, 0.717) is 6.42 Å². The summed E-state index contributed by atoms with van der Waals surface area (Å²) >= 11 is 1.52. The van der Waals surface area contributed by atoms with E-state index in [2.05, 4.69) is 29.4 Å². The lowest BCUT2D eigenvalue weighted by molar-refractivity contribution is -0.152. The molecular formula is C27H22N2O3S. The molecule has 4 aromatic rings. The fraction of sp³-hybridized carbons (Fsp3) is 0.148. The Bertz CT molecular complexity index is 1320. The minimum atomic E-state index is -0.420. The zero-order chi connectivity index (χ0) is 22.6. The molecule has 0 saturated carbocycles. The van der Waals surface area contributed by atoms with Crippen LogP contribution in [0.3, 0.4) is 0 Å². The number of nitrogens with zero attached hydrogens (tertiary/aromatic N) is 2. The number of hydrazone groups is 1. The second-order valence-electron chi connectivity index (χ2n) is 7.95. The van der Waals surface area contributed by atoms with E-state index in [9.17, 15) is 9.59 Å². The molecule has 5 rings (SSSR count). The zero-order valence-electron chi connectivity index (χ0n) is 17.9. The van der Waals surface area contributed by atoms with Gasteiger partial charge in [0.25, 0.3) is 5.91 Å². The SMILES string of the molecule is O=C(Cc1ccsc1)OCC(=O)N1N=C(c2ccc3ccccc3c2)CC1c1ccccc1. The Morgan fingerprint density at radius 1 is 0.970 bits per heavy atom. The maximum absolute atomic E-state index is 13.1. The quantitative estimate of drug-likeness (QED) is 0.368. The Balaban J connectivity index is 1.37. The van der Waals surface area contributed by atoms with E-state index in [1.165, 1.54) is 16.3 Å². The fourth-order valence-electron chi connectivity index (χ4n) is 4.04. The number of esters is 1. The third-order valence-electron chi connectivity index (χ3n) is 5.72. The van der Waals surface area contributed by atoms with Gasteiger partial charge in [-0.3, -0.25) is 9.59 Å². The molecule has 0 fully saturated rings. The van der Waals surface area contributed by atoms with Crippen molar-refractivity contribution in [1.29, 1.82) is 0 Å². The van der Waals surface area contributed by atoms with Crippen LogP contribution in [0.15, 0.2) is 94.7 Å². The highest BCUT2D eigenvalue weighted by molar-refractivity contribution is 7.08. The van der Waals surface area contributed by atoms with Crippen LogP contribution in [0.1, 0.15) is 29.2 Å². The summed E-state index contributed by atoms with van der Waals surface area (Å²) in [5, 5.41) is 12.2. The monoisotopic (exact) mass is 454 g/mol. The predicted molar refractivity (Wildman–Crippen MR) is 130 cm³/mol. The highest BCUT2D eigenvalue weighted by Gasteiger charge is 2.33. The van der Waals surface area contributed by atoms with Crippen molar-refractivity contribution in [2.45, 2.75) is 18.9 Å². The van der Waals surface area contributed by atoms with Crippen LogP contribution in [0.4, 0.5) is 0 Å². The van der Waals surface area contributed by atoms with E-state index < -0.39 is 5.97 Å². The number of carbonyl (C=O) groups is 2. The first kappa shape index (κ1) is 21.1. The number of hydrogen-bond donors (Lipinski definition) is 0. The van der Waals surface area contributed by atoms with Gasteiger partial charge in [-0.15, -0.1) is 0 Å². The number of fused-ring (bicyclic) bond motifs is 1. The summed E-state index contributed by atoms with van der Waals surface area (Å²) in [5.41, 5.74) is 3.71. The Hall–Kier alpha value is -3.77. The first-order valence-electron chi connectivity index (χ1n) is 10.8. The molecule has 0 N–H and O–H groups in total. The van der Waals surface area contributed by atoms with Gasteiger partial charge in [0.1, 0.15) is 0 Å². The summed E-state index contributed by atoms with van der Waals surface area (Å²) in [7, 11) is 0. The molecule has 1 aliphatic rings. The summed E-state index contributed by atoms with van der Waals surface area (Å²) in [5.74, 6) is -0.755. The lowest BCUT2D eigenvalue weighted by Crippen LogP contribution is -2.31. The van der Waals surface area contributed by atoms with Crippen LogP contribution in [-0.4, -0.2) is 29.2 Å². The molecule has 0 spiro atoms. The van der Waals surface area contributed by atoms with E-state index in [1.54, 1.807) is 0 Å². The van der Waals surface area contributed by atoms with Crippen molar-refractivity contribution in [2.24, 2.45) is 5.10 Å². The summed E-state index contributed by atoms with van der Waals surface area (Å²) in [6.07, 6.45) is 0.751. The van der Waals surface area contributed by atoms with Gasteiger partial charge in [0.15, 0.2) is 6.61 Å². The van der Waals surface area contributed by atoms with Gasteiger partial charge in [0.2, 0.25) is 0 Å². The van der Waals surface area contributed by atoms with Crippen molar-refractivity contribution in [1.82, 2.24) is 5.01 Å². The Morgan fingerprint density at radius 3 is 2.55 bits per heavy atom. The van der Waals surface area contributed by atoms with Crippen molar-refractivity contribution in [3.63, 3.8) is 0 Å². The standard InChI is InChI=1S/C27H22N2O3S/c30-26(17-32-27(31)14-19-12-13-33-18-19)29-25(21-7-2-1-3-8-21)16-24(28-29)23-11-10-20-6-4-5-9-22(20)15-23/h1-13,15,18,25H,14,16-17H2. The van der Waals surface area contributed by atoms with Gasteiger partial charge < -0.3 is 4.74 Å². The smallest absolute Gasteiger partial charge is 0.310 e. The molecule has 6 heteroatoms. The molecule has 1 aromatic heterocycles. The van der Waals surface area contributed by atoms with E-state index in [0.717, 1.165) is 33.2 Å². The minimum Gasteiger partial charge on any atom is -0.455 e.